The molecule has 1 aliphatic heterocycles. The highest BCUT2D eigenvalue weighted by Gasteiger charge is 2.19. The number of hydrogen-bond donors (Lipinski definition) is 1. The third kappa shape index (κ3) is 4.12. The summed E-state index contributed by atoms with van der Waals surface area (Å²) in [6.45, 7) is 1.56. The molecule has 28 heavy (non-hydrogen) atoms. The molecule has 0 atom stereocenters. The predicted molar refractivity (Wildman–Crippen MR) is 114 cm³/mol. The molecule has 1 heterocycles. The normalized spacial score (nSPS) is 13.7. The summed E-state index contributed by atoms with van der Waals surface area (Å²) in [7, 11) is 0. The molecule has 6 heteroatoms. The Bertz CT molecular complexity index is 1020. The maximum absolute atomic E-state index is 14.3. The third-order valence-electron chi connectivity index (χ3n) is 4.85. The molecule has 3 aromatic rings. The molecule has 1 aliphatic rings. The van der Waals surface area contributed by atoms with E-state index in [4.69, 9.17) is 4.74 Å². The highest BCUT2D eigenvalue weighted by Crippen LogP contribution is 2.31. The summed E-state index contributed by atoms with van der Waals surface area (Å²) in [6, 6.07) is 16.5. The molecule has 1 amide bonds. The first kappa shape index (κ1) is 18.7. The van der Waals surface area contributed by atoms with E-state index < -0.39 is 5.82 Å². The number of hydrogen-bond acceptors (Lipinski definition) is 3. The van der Waals surface area contributed by atoms with Gasteiger partial charge in [0.05, 0.1) is 5.69 Å². The van der Waals surface area contributed by atoms with Crippen LogP contribution < -0.4 is 15.0 Å². The van der Waals surface area contributed by atoms with E-state index in [1.54, 1.807) is 6.07 Å². The van der Waals surface area contributed by atoms with Crippen LogP contribution in [0.1, 0.15) is 12.8 Å². The topological polar surface area (TPSA) is 41.6 Å². The quantitative estimate of drug-likeness (QED) is 0.578. The zero-order chi connectivity index (χ0) is 19.5. The average molecular weight is 443 g/mol. The van der Waals surface area contributed by atoms with Gasteiger partial charge in [-0.05, 0) is 60.0 Å². The Labute approximate surface area is 171 Å². The molecule has 0 saturated carbocycles. The molecular weight excluding hydrogens is 423 g/mol. The predicted octanol–water partition coefficient (Wildman–Crippen LogP) is 5.36. The van der Waals surface area contributed by atoms with Crippen molar-refractivity contribution in [2.75, 3.05) is 29.9 Å². The maximum atomic E-state index is 14.3. The number of carbonyl (C=O) groups excluding carboxylic acids is 1. The van der Waals surface area contributed by atoms with Crippen LogP contribution in [0.15, 0.2) is 59.1 Å². The lowest BCUT2D eigenvalue weighted by atomic mass is 10.1. The van der Waals surface area contributed by atoms with Gasteiger partial charge < -0.3 is 15.0 Å². The third-order valence-corrected chi connectivity index (χ3v) is 5.34. The number of nitrogens with zero attached hydrogens (tertiary/aromatic N) is 1. The molecule has 0 aliphatic carbocycles. The van der Waals surface area contributed by atoms with Crippen molar-refractivity contribution in [2.45, 2.75) is 12.8 Å². The van der Waals surface area contributed by atoms with Crippen molar-refractivity contribution < 1.29 is 13.9 Å². The molecule has 1 fully saturated rings. The van der Waals surface area contributed by atoms with E-state index in [1.165, 1.54) is 6.07 Å². The van der Waals surface area contributed by atoms with Crippen molar-refractivity contribution in [1.29, 1.82) is 0 Å². The van der Waals surface area contributed by atoms with Crippen LogP contribution in [0.5, 0.6) is 5.75 Å². The van der Waals surface area contributed by atoms with E-state index in [0.29, 0.717) is 5.75 Å². The fraction of sp³-hybridized carbons (Fsp3) is 0.227. The number of anilines is 2. The van der Waals surface area contributed by atoms with Gasteiger partial charge in [0.1, 0.15) is 17.3 Å². The van der Waals surface area contributed by atoms with E-state index in [2.05, 4.69) is 26.1 Å². The fourth-order valence-electron chi connectivity index (χ4n) is 3.47. The van der Waals surface area contributed by atoms with Gasteiger partial charge in [-0.25, -0.2) is 4.39 Å². The average Bonchev–Trinajstić information content (AvgIpc) is 3.22. The number of para-hydroxylation sites is 1. The van der Waals surface area contributed by atoms with Gasteiger partial charge in [0.15, 0.2) is 6.61 Å². The molecule has 4 rings (SSSR count). The second-order valence-corrected chi connectivity index (χ2v) is 7.73. The first-order valence-corrected chi connectivity index (χ1v) is 10.0. The van der Waals surface area contributed by atoms with Gasteiger partial charge in [0.2, 0.25) is 0 Å². The second-order valence-electron chi connectivity index (χ2n) is 6.82. The lowest BCUT2D eigenvalue weighted by molar-refractivity contribution is -0.118. The van der Waals surface area contributed by atoms with Gasteiger partial charge in [-0.1, -0.05) is 34.1 Å². The van der Waals surface area contributed by atoms with Crippen molar-refractivity contribution in [3.8, 4) is 5.75 Å². The van der Waals surface area contributed by atoms with Crippen LogP contribution in [0, 0.1) is 5.82 Å². The van der Waals surface area contributed by atoms with Crippen molar-refractivity contribution in [1.82, 2.24) is 0 Å². The highest BCUT2D eigenvalue weighted by atomic mass is 79.9. The maximum Gasteiger partial charge on any atom is 0.262 e. The summed E-state index contributed by atoms with van der Waals surface area (Å²) in [5, 5.41) is 4.78. The number of carbonyl (C=O) groups is 1. The van der Waals surface area contributed by atoms with Gasteiger partial charge in [0, 0.05) is 17.6 Å². The van der Waals surface area contributed by atoms with E-state index in [-0.39, 0.29) is 18.2 Å². The minimum absolute atomic E-state index is 0.185. The standard InChI is InChI=1S/C22H20BrFN2O2/c23-17-8-6-16-13-18(9-7-15(16)12-17)28-14-21(27)25-22-19(24)4-3-5-20(22)26-10-1-2-11-26/h3-9,12-13H,1-2,10-11,14H2,(H,25,27). The Morgan fingerprint density at radius 1 is 1.07 bits per heavy atom. The van der Waals surface area contributed by atoms with Crippen molar-refractivity contribution >= 4 is 44.0 Å². The Balaban J connectivity index is 1.44. The summed E-state index contributed by atoms with van der Waals surface area (Å²) < 4.78 is 21.0. The minimum atomic E-state index is -0.436. The molecule has 3 aromatic carbocycles. The summed E-state index contributed by atoms with van der Waals surface area (Å²) in [5.41, 5.74) is 0.948. The van der Waals surface area contributed by atoms with Gasteiger partial charge >= 0.3 is 0 Å². The zero-order valence-electron chi connectivity index (χ0n) is 15.3. The van der Waals surface area contributed by atoms with Crippen molar-refractivity contribution in [3.63, 3.8) is 0 Å². The Morgan fingerprint density at radius 3 is 2.64 bits per heavy atom. The summed E-state index contributed by atoms with van der Waals surface area (Å²) in [4.78, 5) is 14.5. The number of ether oxygens (including phenoxy) is 1. The Morgan fingerprint density at radius 2 is 1.82 bits per heavy atom. The number of amides is 1. The summed E-state index contributed by atoms with van der Waals surface area (Å²) in [5.74, 6) is -0.228. The monoisotopic (exact) mass is 442 g/mol. The minimum Gasteiger partial charge on any atom is -0.484 e. The molecule has 0 radical (unpaired) electrons. The number of rotatable bonds is 5. The molecule has 0 aromatic heterocycles. The lowest BCUT2D eigenvalue weighted by Gasteiger charge is -2.22. The molecule has 0 unspecified atom stereocenters. The van der Waals surface area contributed by atoms with Crippen LogP contribution in [-0.2, 0) is 4.79 Å². The lowest BCUT2D eigenvalue weighted by Crippen LogP contribution is -2.24. The van der Waals surface area contributed by atoms with Crippen molar-refractivity contribution in [2.24, 2.45) is 0 Å². The SMILES string of the molecule is O=C(COc1ccc2cc(Br)ccc2c1)Nc1c(F)cccc1N1CCCC1. The Kier molecular flexibility index (Phi) is 5.48. The van der Waals surface area contributed by atoms with Crippen LogP contribution in [0.3, 0.4) is 0 Å². The zero-order valence-corrected chi connectivity index (χ0v) is 16.8. The fourth-order valence-corrected chi connectivity index (χ4v) is 3.85. The van der Waals surface area contributed by atoms with E-state index in [1.807, 2.05) is 42.5 Å². The molecule has 144 valence electrons. The summed E-state index contributed by atoms with van der Waals surface area (Å²) in [6.07, 6.45) is 2.15. The molecule has 1 saturated heterocycles. The summed E-state index contributed by atoms with van der Waals surface area (Å²) >= 11 is 3.45. The molecule has 0 bridgehead atoms. The van der Waals surface area contributed by atoms with Crippen LogP contribution in [0.2, 0.25) is 0 Å². The van der Waals surface area contributed by atoms with Gasteiger partial charge in [-0.15, -0.1) is 0 Å². The highest BCUT2D eigenvalue weighted by molar-refractivity contribution is 9.10. The van der Waals surface area contributed by atoms with Gasteiger partial charge in [0.25, 0.3) is 5.91 Å². The molecule has 1 N–H and O–H groups in total. The molecule has 0 spiro atoms. The van der Waals surface area contributed by atoms with Crippen LogP contribution in [0.25, 0.3) is 10.8 Å². The van der Waals surface area contributed by atoms with Crippen LogP contribution in [-0.4, -0.2) is 25.6 Å². The first-order chi connectivity index (χ1) is 13.6. The van der Waals surface area contributed by atoms with Crippen molar-refractivity contribution in [3.05, 3.63) is 64.9 Å². The number of halogens is 2. The van der Waals surface area contributed by atoms with E-state index >= 15 is 0 Å². The van der Waals surface area contributed by atoms with E-state index in [9.17, 15) is 9.18 Å². The number of fused-ring (bicyclic) bond motifs is 1. The Hall–Kier alpha value is -2.60. The van der Waals surface area contributed by atoms with Gasteiger partial charge in [-0.3, -0.25) is 4.79 Å². The van der Waals surface area contributed by atoms with E-state index in [0.717, 1.165) is 46.9 Å². The second kappa shape index (κ2) is 8.19. The molecule has 4 nitrogen and oxygen atoms in total. The van der Waals surface area contributed by atoms with Crippen LogP contribution >= 0.6 is 15.9 Å². The largest absolute Gasteiger partial charge is 0.484 e. The number of benzene rings is 3. The number of nitrogens with one attached hydrogen (secondary N) is 1. The smallest absolute Gasteiger partial charge is 0.262 e. The molecular formula is C22H20BrFN2O2. The first-order valence-electron chi connectivity index (χ1n) is 9.25. The van der Waals surface area contributed by atoms with Gasteiger partial charge in [-0.2, -0.15) is 0 Å². The van der Waals surface area contributed by atoms with Crippen LogP contribution in [0.4, 0.5) is 15.8 Å².